The van der Waals surface area contributed by atoms with Crippen LogP contribution in [0.25, 0.3) is 0 Å². The number of piperidine rings is 1. The molecule has 5 nitrogen and oxygen atoms in total. The van der Waals surface area contributed by atoms with Gasteiger partial charge in [-0.05, 0) is 31.4 Å². The summed E-state index contributed by atoms with van der Waals surface area (Å²) in [4.78, 5) is 25.1. The molecular formula is C13H24N2O3S. The predicted molar refractivity (Wildman–Crippen MR) is 77.5 cm³/mol. The molecule has 0 radical (unpaired) electrons. The molecule has 19 heavy (non-hydrogen) atoms. The van der Waals surface area contributed by atoms with Crippen LogP contribution in [0.4, 0.5) is 4.79 Å². The third-order valence-electron chi connectivity index (χ3n) is 3.64. The second-order valence-corrected chi connectivity index (χ2v) is 6.02. The van der Waals surface area contributed by atoms with Crippen LogP contribution in [0.5, 0.6) is 0 Å². The topological polar surface area (TPSA) is 69.6 Å². The summed E-state index contributed by atoms with van der Waals surface area (Å²) in [6.07, 6.45) is 4.59. The number of nitrogens with one attached hydrogen (secondary N) is 1. The van der Waals surface area contributed by atoms with Gasteiger partial charge in [-0.25, -0.2) is 9.59 Å². The van der Waals surface area contributed by atoms with Crippen LogP contribution in [0.2, 0.25) is 0 Å². The molecule has 3 atom stereocenters. The Morgan fingerprint density at radius 3 is 2.74 bits per heavy atom. The normalized spacial score (nSPS) is 24.9. The van der Waals surface area contributed by atoms with Gasteiger partial charge in [0.1, 0.15) is 6.04 Å². The Balaban J connectivity index is 2.69. The molecule has 0 spiro atoms. The lowest BCUT2D eigenvalue weighted by Gasteiger charge is -2.37. The van der Waals surface area contributed by atoms with Crippen LogP contribution in [0.15, 0.2) is 0 Å². The highest BCUT2D eigenvalue weighted by Crippen LogP contribution is 2.23. The Morgan fingerprint density at radius 1 is 1.53 bits per heavy atom. The number of aliphatic carboxylic acids is 1. The maximum Gasteiger partial charge on any atom is 0.326 e. The molecule has 0 aromatic rings. The van der Waals surface area contributed by atoms with Crippen LogP contribution in [0.3, 0.4) is 0 Å². The first-order chi connectivity index (χ1) is 9.01. The Bertz CT molecular complexity index is 325. The molecule has 0 bridgehead atoms. The van der Waals surface area contributed by atoms with Gasteiger partial charge in [0.25, 0.3) is 0 Å². The number of hydrogen-bond donors (Lipinski definition) is 2. The number of carbonyl (C=O) groups is 2. The maximum absolute atomic E-state index is 12.2. The van der Waals surface area contributed by atoms with Gasteiger partial charge >= 0.3 is 12.0 Å². The van der Waals surface area contributed by atoms with Crippen molar-refractivity contribution in [3.63, 3.8) is 0 Å². The average molecular weight is 288 g/mol. The molecule has 0 aromatic heterocycles. The molecule has 0 aromatic carbocycles. The first kappa shape index (κ1) is 16.1. The van der Waals surface area contributed by atoms with Gasteiger partial charge in [-0.15, -0.1) is 0 Å². The van der Waals surface area contributed by atoms with E-state index in [9.17, 15) is 14.7 Å². The van der Waals surface area contributed by atoms with E-state index >= 15 is 0 Å². The Morgan fingerprint density at radius 2 is 2.21 bits per heavy atom. The van der Waals surface area contributed by atoms with Crippen molar-refractivity contribution in [2.75, 3.05) is 18.6 Å². The molecule has 110 valence electrons. The third-order valence-corrected chi connectivity index (χ3v) is 4.37. The summed E-state index contributed by atoms with van der Waals surface area (Å²) >= 11 is 1.68. The van der Waals surface area contributed by atoms with Gasteiger partial charge < -0.3 is 15.3 Å². The fourth-order valence-electron chi connectivity index (χ4n) is 2.51. The highest BCUT2D eigenvalue weighted by Gasteiger charge is 2.37. The first-order valence-corrected chi connectivity index (χ1v) is 8.19. The van der Waals surface area contributed by atoms with Gasteiger partial charge in [-0.2, -0.15) is 11.8 Å². The summed E-state index contributed by atoms with van der Waals surface area (Å²) < 4.78 is 0. The fraction of sp³-hybridized carbons (Fsp3) is 0.846. The first-order valence-electron chi connectivity index (χ1n) is 6.80. The van der Waals surface area contributed by atoms with Gasteiger partial charge in [0.2, 0.25) is 0 Å². The fourth-order valence-corrected chi connectivity index (χ4v) is 3.23. The largest absolute Gasteiger partial charge is 0.480 e. The highest BCUT2D eigenvalue weighted by molar-refractivity contribution is 7.98. The zero-order valence-electron chi connectivity index (χ0n) is 11.9. The summed E-state index contributed by atoms with van der Waals surface area (Å²) in [5, 5.41) is 12.2. The number of thioether (sulfide) groups is 1. The Labute approximate surface area is 119 Å². The zero-order valence-corrected chi connectivity index (χ0v) is 12.7. The van der Waals surface area contributed by atoms with E-state index in [0.717, 1.165) is 25.0 Å². The van der Waals surface area contributed by atoms with Crippen LogP contribution >= 0.6 is 11.8 Å². The second kappa shape index (κ2) is 7.62. The lowest BCUT2D eigenvalue weighted by molar-refractivity contribution is -0.145. The molecule has 2 amide bonds. The highest BCUT2D eigenvalue weighted by atomic mass is 32.2. The van der Waals surface area contributed by atoms with E-state index < -0.39 is 12.0 Å². The van der Waals surface area contributed by atoms with Crippen LogP contribution in [0.1, 0.15) is 33.1 Å². The summed E-state index contributed by atoms with van der Waals surface area (Å²) in [5.74, 6) is -0.0403. The van der Waals surface area contributed by atoms with Crippen molar-refractivity contribution in [2.24, 2.45) is 5.92 Å². The van der Waals surface area contributed by atoms with E-state index in [1.165, 1.54) is 4.90 Å². The minimum Gasteiger partial charge on any atom is -0.480 e. The maximum atomic E-state index is 12.2. The monoisotopic (exact) mass is 288 g/mol. The lowest BCUT2D eigenvalue weighted by atomic mass is 9.91. The molecule has 1 heterocycles. The van der Waals surface area contributed by atoms with E-state index in [0.29, 0.717) is 6.54 Å². The summed E-state index contributed by atoms with van der Waals surface area (Å²) in [7, 11) is 0. The number of amides is 2. The van der Waals surface area contributed by atoms with Gasteiger partial charge in [-0.1, -0.05) is 13.8 Å². The van der Waals surface area contributed by atoms with Gasteiger partial charge in [-0.3, -0.25) is 0 Å². The molecular weight excluding hydrogens is 264 g/mol. The van der Waals surface area contributed by atoms with E-state index in [1.807, 2.05) is 20.1 Å². The van der Waals surface area contributed by atoms with Gasteiger partial charge in [0.15, 0.2) is 0 Å². The standard InChI is InChI=1S/C13H24N2O3S/c1-4-10(8-19-3)14-13(18)15-7-5-6-9(2)11(15)12(16)17/h9-11H,4-8H2,1-3H3,(H,14,18)(H,16,17). The Hall–Kier alpha value is -0.910. The number of nitrogens with zero attached hydrogens (tertiary/aromatic N) is 1. The molecule has 1 aliphatic heterocycles. The van der Waals surface area contributed by atoms with Gasteiger partial charge in [0.05, 0.1) is 0 Å². The molecule has 2 N–H and O–H groups in total. The number of rotatable bonds is 5. The van der Waals surface area contributed by atoms with E-state index in [1.54, 1.807) is 11.8 Å². The average Bonchev–Trinajstić information content (AvgIpc) is 2.37. The number of carbonyl (C=O) groups excluding carboxylic acids is 1. The quantitative estimate of drug-likeness (QED) is 0.812. The van der Waals surface area contributed by atoms with Crippen molar-refractivity contribution < 1.29 is 14.7 Å². The van der Waals surface area contributed by atoms with Crippen LogP contribution in [-0.4, -0.2) is 52.6 Å². The molecule has 0 aliphatic carbocycles. The van der Waals surface area contributed by atoms with Crippen molar-refractivity contribution >= 4 is 23.8 Å². The smallest absolute Gasteiger partial charge is 0.326 e. The van der Waals surface area contributed by atoms with Crippen LogP contribution in [0, 0.1) is 5.92 Å². The summed E-state index contributed by atoms with van der Waals surface area (Å²) in [5.41, 5.74) is 0. The van der Waals surface area contributed by atoms with Crippen LogP contribution < -0.4 is 5.32 Å². The predicted octanol–water partition coefficient (Wildman–Crippen LogP) is 2.02. The van der Waals surface area contributed by atoms with Crippen molar-refractivity contribution in [1.29, 1.82) is 0 Å². The van der Waals surface area contributed by atoms with E-state index in [-0.39, 0.29) is 18.0 Å². The lowest BCUT2D eigenvalue weighted by Crippen LogP contribution is -2.56. The SMILES string of the molecule is CCC(CSC)NC(=O)N1CCCC(C)C1C(=O)O. The molecule has 0 saturated carbocycles. The molecule has 1 fully saturated rings. The minimum atomic E-state index is -0.903. The molecule has 6 heteroatoms. The number of carboxylic acid groups (broad SMARTS) is 1. The Kier molecular flexibility index (Phi) is 6.48. The number of carboxylic acids is 1. The van der Waals surface area contributed by atoms with Crippen molar-refractivity contribution in [3.05, 3.63) is 0 Å². The van der Waals surface area contributed by atoms with Crippen molar-refractivity contribution in [3.8, 4) is 0 Å². The number of urea groups is 1. The summed E-state index contributed by atoms with van der Waals surface area (Å²) in [6.45, 7) is 4.45. The molecule has 1 saturated heterocycles. The minimum absolute atomic E-state index is 0.0117. The summed E-state index contributed by atoms with van der Waals surface area (Å²) in [6, 6.07) is -0.824. The third kappa shape index (κ3) is 4.30. The van der Waals surface area contributed by atoms with Gasteiger partial charge in [0, 0.05) is 18.3 Å². The molecule has 1 rings (SSSR count). The second-order valence-electron chi connectivity index (χ2n) is 5.11. The van der Waals surface area contributed by atoms with E-state index in [4.69, 9.17) is 0 Å². The van der Waals surface area contributed by atoms with Crippen LogP contribution in [-0.2, 0) is 4.79 Å². The van der Waals surface area contributed by atoms with Crippen molar-refractivity contribution in [1.82, 2.24) is 10.2 Å². The number of hydrogen-bond acceptors (Lipinski definition) is 3. The molecule has 1 aliphatic rings. The number of likely N-dealkylation sites (tertiary alicyclic amines) is 1. The van der Waals surface area contributed by atoms with Crippen molar-refractivity contribution in [2.45, 2.75) is 45.2 Å². The molecule has 3 unspecified atom stereocenters. The zero-order chi connectivity index (χ0) is 14.4. The van der Waals surface area contributed by atoms with E-state index in [2.05, 4.69) is 5.32 Å².